The van der Waals surface area contributed by atoms with Gasteiger partial charge in [-0.05, 0) is 46.5 Å². The average molecular weight is 224 g/mol. The van der Waals surface area contributed by atoms with Crippen molar-refractivity contribution in [3.63, 3.8) is 0 Å². The Morgan fingerprint density at radius 2 is 1.94 bits per heavy atom. The molecule has 0 bridgehead atoms. The fourth-order valence-electron chi connectivity index (χ4n) is 2.43. The van der Waals surface area contributed by atoms with E-state index in [1.165, 1.54) is 12.8 Å². The molecule has 2 amide bonds. The Morgan fingerprint density at radius 3 is 2.44 bits per heavy atom. The SMILES string of the molecule is CC1C(=O)NC(C)(C)C(=O)N1C(C)C1CC1. The Kier molecular flexibility index (Phi) is 2.48. The third-order valence-corrected chi connectivity index (χ3v) is 3.74. The van der Waals surface area contributed by atoms with Crippen LogP contribution in [0.5, 0.6) is 0 Å². The van der Waals surface area contributed by atoms with Gasteiger partial charge in [0.25, 0.3) is 0 Å². The Balaban J connectivity index is 2.25. The zero-order valence-corrected chi connectivity index (χ0v) is 10.4. The maximum atomic E-state index is 12.3. The number of nitrogens with one attached hydrogen (secondary N) is 1. The summed E-state index contributed by atoms with van der Waals surface area (Å²) in [6.45, 7) is 7.40. The van der Waals surface area contributed by atoms with Crippen molar-refractivity contribution >= 4 is 11.8 Å². The van der Waals surface area contributed by atoms with Gasteiger partial charge in [-0.3, -0.25) is 9.59 Å². The van der Waals surface area contributed by atoms with Crippen LogP contribution in [0.15, 0.2) is 0 Å². The molecule has 1 N–H and O–H groups in total. The van der Waals surface area contributed by atoms with Gasteiger partial charge in [0.1, 0.15) is 11.6 Å². The molecule has 1 aliphatic heterocycles. The van der Waals surface area contributed by atoms with Gasteiger partial charge < -0.3 is 10.2 Å². The third kappa shape index (κ3) is 1.70. The minimum absolute atomic E-state index is 0.0407. The number of nitrogens with zero attached hydrogens (tertiary/aromatic N) is 1. The smallest absolute Gasteiger partial charge is 0.248 e. The van der Waals surface area contributed by atoms with Crippen molar-refractivity contribution in [1.82, 2.24) is 10.2 Å². The van der Waals surface area contributed by atoms with Crippen molar-refractivity contribution in [2.45, 2.75) is 58.2 Å². The molecule has 2 atom stereocenters. The molecule has 0 spiro atoms. The highest BCUT2D eigenvalue weighted by Crippen LogP contribution is 2.37. The molecule has 1 saturated carbocycles. The van der Waals surface area contributed by atoms with Crippen LogP contribution in [-0.2, 0) is 9.59 Å². The first kappa shape index (κ1) is 11.4. The standard InChI is InChI=1S/C12H20N2O2/c1-7(9-5-6-9)14-8(2)10(15)13-12(3,4)11(14)16/h7-9H,5-6H2,1-4H3,(H,13,15). The first-order chi connectivity index (χ1) is 7.34. The minimum Gasteiger partial charge on any atom is -0.340 e. The van der Waals surface area contributed by atoms with E-state index in [1.807, 2.05) is 0 Å². The van der Waals surface area contributed by atoms with Gasteiger partial charge in [-0.2, -0.15) is 0 Å². The summed E-state index contributed by atoms with van der Waals surface area (Å²) in [7, 11) is 0. The number of amides is 2. The molecule has 1 heterocycles. The monoisotopic (exact) mass is 224 g/mol. The molecule has 0 aromatic heterocycles. The second-order valence-electron chi connectivity index (χ2n) is 5.58. The van der Waals surface area contributed by atoms with Crippen molar-refractivity contribution in [1.29, 1.82) is 0 Å². The minimum atomic E-state index is -0.757. The lowest BCUT2D eigenvalue weighted by molar-refractivity contribution is -0.155. The summed E-state index contributed by atoms with van der Waals surface area (Å²) >= 11 is 0. The molecule has 4 nitrogen and oxygen atoms in total. The zero-order chi connectivity index (χ0) is 12.1. The molecule has 16 heavy (non-hydrogen) atoms. The zero-order valence-electron chi connectivity index (χ0n) is 10.4. The predicted octanol–water partition coefficient (Wildman–Crippen LogP) is 0.910. The molecule has 2 rings (SSSR count). The molecule has 2 unspecified atom stereocenters. The lowest BCUT2D eigenvalue weighted by Gasteiger charge is -2.44. The molecule has 2 fully saturated rings. The number of hydrogen-bond acceptors (Lipinski definition) is 2. The summed E-state index contributed by atoms with van der Waals surface area (Å²) < 4.78 is 0. The van der Waals surface area contributed by atoms with Gasteiger partial charge in [0, 0.05) is 6.04 Å². The van der Waals surface area contributed by atoms with Crippen LogP contribution in [0.2, 0.25) is 0 Å². The first-order valence-corrected chi connectivity index (χ1v) is 5.99. The molecule has 0 aromatic carbocycles. The topological polar surface area (TPSA) is 49.4 Å². The second-order valence-corrected chi connectivity index (χ2v) is 5.58. The highest BCUT2D eigenvalue weighted by atomic mass is 16.2. The van der Waals surface area contributed by atoms with Crippen molar-refractivity contribution in [2.24, 2.45) is 5.92 Å². The second kappa shape index (κ2) is 3.47. The summed E-state index contributed by atoms with van der Waals surface area (Å²) in [4.78, 5) is 25.9. The van der Waals surface area contributed by atoms with E-state index >= 15 is 0 Å². The maximum Gasteiger partial charge on any atom is 0.248 e. The van der Waals surface area contributed by atoms with Crippen LogP contribution in [0.3, 0.4) is 0 Å². The number of rotatable bonds is 2. The summed E-state index contributed by atoms with van der Waals surface area (Å²) in [5.41, 5.74) is -0.757. The fourth-order valence-corrected chi connectivity index (χ4v) is 2.43. The van der Waals surface area contributed by atoms with Crippen LogP contribution >= 0.6 is 0 Å². The number of hydrogen-bond donors (Lipinski definition) is 1. The molecular formula is C12H20N2O2. The van der Waals surface area contributed by atoms with Crippen LogP contribution in [0.4, 0.5) is 0 Å². The van der Waals surface area contributed by atoms with Gasteiger partial charge >= 0.3 is 0 Å². The summed E-state index contributed by atoms with van der Waals surface area (Å²) in [6, 6.07) is -0.149. The molecule has 0 radical (unpaired) electrons. The lowest BCUT2D eigenvalue weighted by atomic mass is 9.95. The van der Waals surface area contributed by atoms with Crippen molar-refractivity contribution < 1.29 is 9.59 Å². The fraction of sp³-hybridized carbons (Fsp3) is 0.833. The third-order valence-electron chi connectivity index (χ3n) is 3.74. The molecule has 1 saturated heterocycles. The van der Waals surface area contributed by atoms with Gasteiger partial charge in [0.2, 0.25) is 11.8 Å². The summed E-state index contributed by atoms with van der Waals surface area (Å²) in [5, 5.41) is 2.77. The predicted molar refractivity (Wildman–Crippen MR) is 60.7 cm³/mol. The van der Waals surface area contributed by atoms with Gasteiger partial charge in [-0.15, -0.1) is 0 Å². The van der Waals surface area contributed by atoms with E-state index in [9.17, 15) is 9.59 Å². The summed E-state index contributed by atoms with van der Waals surface area (Å²) in [5.74, 6) is 0.587. The van der Waals surface area contributed by atoms with E-state index < -0.39 is 5.54 Å². The van der Waals surface area contributed by atoms with Crippen LogP contribution in [-0.4, -0.2) is 34.3 Å². The maximum absolute atomic E-state index is 12.3. The Morgan fingerprint density at radius 1 is 1.38 bits per heavy atom. The largest absolute Gasteiger partial charge is 0.340 e. The molecule has 0 aromatic rings. The highest BCUT2D eigenvalue weighted by molar-refractivity contribution is 5.99. The number of carbonyl (C=O) groups is 2. The Hall–Kier alpha value is -1.06. The van der Waals surface area contributed by atoms with Gasteiger partial charge in [-0.1, -0.05) is 0 Å². The normalized spacial score (nSPS) is 31.2. The highest BCUT2D eigenvalue weighted by Gasteiger charge is 2.47. The van der Waals surface area contributed by atoms with Gasteiger partial charge in [0.15, 0.2) is 0 Å². The summed E-state index contributed by atoms with van der Waals surface area (Å²) in [6.07, 6.45) is 2.36. The van der Waals surface area contributed by atoms with Crippen molar-refractivity contribution in [3.05, 3.63) is 0 Å². The van der Waals surface area contributed by atoms with E-state index in [0.29, 0.717) is 5.92 Å². The first-order valence-electron chi connectivity index (χ1n) is 5.99. The Labute approximate surface area is 96.4 Å². The van der Waals surface area contributed by atoms with Gasteiger partial charge in [0.05, 0.1) is 0 Å². The van der Waals surface area contributed by atoms with E-state index in [4.69, 9.17) is 0 Å². The van der Waals surface area contributed by atoms with E-state index in [0.717, 1.165) is 0 Å². The van der Waals surface area contributed by atoms with Crippen LogP contribution in [0, 0.1) is 5.92 Å². The van der Waals surface area contributed by atoms with Crippen molar-refractivity contribution in [3.8, 4) is 0 Å². The Bertz CT molecular complexity index is 334. The van der Waals surface area contributed by atoms with Crippen LogP contribution < -0.4 is 5.32 Å². The van der Waals surface area contributed by atoms with Crippen molar-refractivity contribution in [2.75, 3.05) is 0 Å². The molecule has 1 aliphatic carbocycles. The molecule has 4 heteroatoms. The molecule has 90 valence electrons. The van der Waals surface area contributed by atoms with E-state index in [1.54, 1.807) is 25.7 Å². The molecule has 2 aliphatic rings. The van der Waals surface area contributed by atoms with Crippen LogP contribution in [0.1, 0.15) is 40.5 Å². The average Bonchev–Trinajstić information content (AvgIpc) is 2.97. The number of carbonyl (C=O) groups excluding carboxylic acids is 2. The quantitative estimate of drug-likeness (QED) is 0.758. The van der Waals surface area contributed by atoms with Gasteiger partial charge in [-0.25, -0.2) is 0 Å². The van der Waals surface area contributed by atoms with Crippen LogP contribution in [0.25, 0.3) is 0 Å². The van der Waals surface area contributed by atoms with E-state index in [2.05, 4.69) is 12.2 Å². The lowest BCUT2D eigenvalue weighted by Crippen LogP contribution is -2.69. The molecular weight excluding hydrogens is 204 g/mol. The van der Waals surface area contributed by atoms with E-state index in [-0.39, 0.29) is 23.9 Å². The number of piperazine rings is 1.